The molecule has 0 fully saturated rings. The molecule has 0 unspecified atom stereocenters. The topological polar surface area (TPSA) is 72.5 Å². The van der Waals surface area contributed by atoms with Crippen molar-refractivity contribution in [2.24, 2.45) is 0 Å². The van der Waals surface area contributed by atoms with Gasteiger partial charge in [-0.25, -0.2) is 9.18 Å². The first-order chi connectivity index (χ1) is 11.8. The number of carbonyl (C=O) groups is 2. The summed E-state index contributed by atoms with van der Waals surface area (Å²) in [4.78, 5) is 24.7. The van der Waals surface area contributed by atoms with Gasteiger partial charge in [-0.3, -0.25) is 9.00 Å². The number of hydrogen-bond donors (Lipinski definition) is 1. The number of anilines is 1. The molecule has 0 heterocycles. The molecule has 132 valence electrons. The van der Waals surface area contributed by atoms with Gasteiger partial charge in [0, 0.05) is 11.9 Å². The van der Waals surface area contributed by atoms with Crippen LogP contribution in [0.4, 0.5) is 10.1 Å². The van der Waals surface area contributed by atoms with E-state index in [0.717, 1.165) is 6.07 Å². The van der Waals surface area contributed by atoms with E-state index in [0.29, 0.717) is 4.90 Å². The third kappa shape index (κ3) is 4.87. The van der Waals surface area contributed by atoms with E-state index in [-0.39, 0.29) is 16.3 Å². The Morgan fingerprint density at radius 2 is 1.92 bits per heavy atom. The molecule has 0 aromatic heterocycles. The second-order valence-electron chi connectivity index (χ2n) is 5.12. The minimum absolute atomic E-state index is 0.132. The van der Waals surface area contributed by atoms with Crippen molar-refractivity contribution in [2.75, 3.05) is 11.6 Å². The molecule has 5 nitrogen and oxygen atoms in total. The molecule has 8 heteroatoms. The molecule has 0 aliphatic rings. The van der Waals surface area contributed by atoms with Crippen LogP contribution in [0.5, 0.6) is 0 Å². The zero-order chi connectivity index (χ0) is 18.6. The van der Waals surface area contributed by atoms with Crippen LogP contribution in [0.3, 0.4) is 0 Å². The fourth-order valence-corrected chi connectivity index (χ4v) is 2.89. The third-order valence-corrected chi connectivity index (χ3v) is 4.52. The number of rotatable bonds is 5. The van der Waals surface area contributed by atoms with Crippen LogP contribution < -0.4 is 5.32 Å². The molecule has 2 rings (SSSR count). The molecule has 25 heavy (non-hydrogen) atoms. The van der Waals surface area contributed by atoms with Crippen LogP contribution in [0, 0.1) is 5.82 Å². The molecule has 0 bridgehead atoms. The van der Waals surface area contributed by atoms with Gasteiger partial charge in [-0.2, -0.15) is 0 Å². The number of carbonyl (C=O) groups excluding carboxylic acids is 2. The SMILES string of the molecule is C[C@@H](OC(=O)c1ccccc1[S@@](C)=O)C(=O)Nc1ccc(F)c(Cl)c1. The molecule has 1 amide bonds. The molecule has 1 N–H and O–H groups in total. The van der Waals surface area contributed by atoms with Crippen LogP contribution in [0.15, 0.2) is 47.4 Å². The van der Waals surface area contributed by atoms with Crippen LogP contribution >= 0.6 is 11.6 Å². The maximum Gasteiger partial charge on any atom is 0.340 e. The maximum absolute atomic E-state index is 13.1. The monoisotopic (exact) mass is 383 g/mol. The highest BCUT2D eigenvalue weighted by Gasteiger charge is 2.22. The summed E-state index contributed by atoms with van der Waals surface area (Å²) in [6, 6.07) is 9.99. The lowest BCUT2D eigenvalue weighted by Crippen LogP contribution is -2.30. The van der Waals surface area contributed by atoms with E-state index in [1.54, 1.807) is 18.2 Å². The second-order valence-corrected chi connectivity index (χ2v) is 6.87. The van der Waals surface area contributed by atoms with Crippen molar-refractivity contribution in [3.05, 3.63) is 58.9 Å². The number of benzene rings is 2. The first kappa shape index (κ1) is 19.1. The van der Waals surface area contributed by atoms with E-state index >= 15 is 0 Å². The molecule has 0 spiro atoms. The zero-order valence-corrected chi connectivity index (χ0v) is 15.0. The Labute approximate surface area is 151 Å². The number of esters is 1. The van der Waals surface area contributed by atoms with Crippen molar-refractivity contribution < 1.29 is 22.9 Å². The number of amides is 1. The molecule has 0 aliphatic carbocycles. The molecule has 0 saturated heterocycles. The van der Waals surface area contributed by atoms with Gasteiger partial charge < -0.3 is 10.1 Å². The van der Waals surface area contributed by atoms with E-state index in [9.17, 15) is 18.2 Å². The highest BCUT2D eigenvalue weighted by atomic mass is 35.5. The molecule has 2 aromatic carbocycles. The lowest BCUT2D eigenvalue weighted by molar-refractivity contribution is -0.123. The molecule has 2 atom stereocenters. The minimum atomic E-state index is -1.37. The van der Waals surface area contributed by atoms with Crippen LogP contribution in [-0.4, -0.2) is 28.4 Å². The Bertz CT molecular complexity index is 843. The Hall–Kier alpha value is -2.25. The molecular formula is C17H15ClFNO4S. The van der Waals surface area contributed by atoms with Crippen LogP contribution in [-0.2, 0) is 20.3 Å². The van der Waals surface area contributed by atoms with Crippen molar-refractivity contribution in [1.82, 2.24) is 0 Å². The first-order valence-corrected chi connectivity index (χ1v) is 9.12. The smallest absolute Gasteiger partial charge is 0.340 e. The van der Waals surface area contributed by atoms with Gasteiger partial charge in [-0.05, 0) is 37.3 Å². The van der Waals surface area contributed by atoms with Gasteiger partial charge in [0.25, 0.3) is 5.91 Å². The zero-order valence-electron chi connectivity index (χ0n) is 13.4. The van der Waals surface area contributed by atoms with Gasteiger partial charge in [0.2, 0.25) is 0 Å². The van der Waals surface area contributed by atoms with Crippen molar-refractivity contribution in [1.29, 1.82) is 0 Å². The van der Waals surface area contributed by atoms with E-state index < -0.39 is 34.6 Å². The van der Waals surface area contributed by atoms with Gasteiger partial charge in [0.05, 0.1) is 26.3 Å². The number of halogens is 2. The second kappa shape index (κ2) is 8.22. The third-order valence-electron chi connectivity index (χ3n) is 3.26. The van der Waals surface area contributed by atoms with Crippen LogP contribution in [0.1, 0.15) is 17.3 Å². The van der Waals surface area contributed by atoms with Crippen molar-refractivity contribution in [3.63, 3.8) is 0 Å². The Balaban J connectivity index is 2.07. The quantitative estimate of drug-likeness (QED) is 0.803. The highest BCUT2D eigenvalue weighted by Crippen LogP contribution is 2.20. The lowest BCUT2D eigenvalue weighted by Gasteiger charge is -2.14. The van der Waals surface area contributed by atoms with Gasteiger partial charge in [0.15, 0.2) is 6.10 Å². The molecular weight excluding hydrogens is 369 g/mol. The number of nitrogens with one attached hydrogen (secondary N) is 1. The van der Waals surface area contributed by atoms with E-state index in [4.69, 9.17) is 16.3 Å². The highest BCUT2D eigenvalue weighted by molar-refractivity contribution is 7.84. The van der Waals surface area contributed by atoms with Crippen molar-refractivity contribution >= 4 is 40.0 Å². The average molecular weight is 384 g/mol. The number of hydrogen-bond acceptors (Lipinski definition) is 4. The average Bonchev–Trinajstić information content (AvgIpc) is 2.58. The summed E-state index contributed by atoms with van der Waals surface area (Å²) in [6.45, 7) is 1.39. The summed E-state index contributed by atoms with van der Waals surface area (Å²) < 4.78 is 29.9. The van der Waals surface area contributed by atoms with Gasteiger partial charge in [0.1, 0.15) is 5.82 Å². The Morgan fingerprint density at radius 1 is 1.24 bits per heavy atom. The normalized spacial score (nSPS) is 13.0. The fraction of sp³-hybridized carbons (Fsp3) is 0.176. The standard InChI is InChI=1S/C17H15ClFNO4S/c1-10(16(21)20-11-7-8-14(19)13(18)9-11)24-17(22)12-5-3-4-6-15(12)25(2)23/h3-10H,1-2H3,(H,20,21)/t10-,25-/m1/s1. The summed E-state index contributed by atoms with van der Waals surface area (Å²) in [5.41, 5.74) is 0.405. The predicted octanol–water partition coefficient (Wildman–Crippen LogP) is 3.40. The van der Waals surface area contributed by atoms with Crippen LogP contribution in [0.25, 0.3) is 0 Å². The number of ether oxygens (including phenoxy) is 1. The summed E-state index contributed by atoms with van der Waals surface area (Å²) >= 11 is 5.65. The lowest BCUT2D eigenvalue weighted by atomic mass is 10.2. The first-order valence-electron chi connectivity index (χ1n) is 7.19. The summed E-state index contributed by atoms with van der Waals surface area (Å²) in [7, 11) is -1.37. The van der Waals surface area contributed by atoms with Crippen molar-refractivity contribution in [2.45, 2.75) is 17.9 Å². The van der Waals surface area contributed by atoms with E-state index in [2.05, 4.69) is 5.32 Å². The van der Waals surface area contributed by atoms with Crippen molar-refractivity contribution in [3.8, 4) is 0 Å². The maximum atomic E-state index is 13.1. The van der Waals surface area contributed by atoms with Gasteiger partial charge >= 0.3 is 5.97 Å². The summed E-state index contributed by atoms with van der Waals surface area (Å²) in [6.07, 6.45) is 0.329. The fourth-order valence-electron chi connectivity index (χ4n) is 1.98. The Kier molecular flexibility index (Phi) is 6.27. The van der Waals surface area contributed by atoms with Gasteiger partial charge in [-0.15, -0.1) is 0 Å². The molecule has 0 radical (unpaired) electrons. The summed E-state index contributed by atoms with van der Waals surface area (Å²) in [5, 5.41) is 2.34. The van der Waals surface area contributed by atoms with Gasteiger partial charge in [-0.1, -0.05) is 23.7 Å². The predicted molar refractivity (Wildman–Crippen MR) is 93.7 cm³/mol. The largest absolute Gasteiger partial charge is 0.449 e. The van der Waals surface area contributed by atoms with E-state index in [1.165, 1.54) is 31.4 Å². The Morgan fingerprint density at radius 3 is 2.56 bits per heavy atom. The van der Waals surface area contributed by atoms with E-state index in [1.807, 2.05) is 0 Å². The molecule has 2 aromatic rings. The summed E-state index contributed by atoms with van der Waals surface area (Å²) in [5.74, 6) is -1.97. The van der Waals surface area contributed by atoms with Crippen LogP contribution in [0.2, 0.25) is 5.02 Å². The minimum Gasteiger partial charge on any atom is -0.449 e. The molecule has 0 saturated carbocycles. The molecule has 0 aliphatic heterocycles.